The van der Waals surface area contributed by atoms with Crippen LogP contribution in [-0.4, -0.2) is 38.8 Å². The highest BCUT2D eigenvalue weighted by Gasteiger charge is 2.29. The van der Waals surface area contributed by atoms with Crippen molar-refractivity contribution in [3.05, 3.63) is 17.0 Å². The number of nitrogens with one attached hydrogen (secondary N) is 1. The van der Waals surface area contributed by atoms with Crippen LogP contribution < -0.4 is 5.32 Å². The minimum absolute atomic E-state index is 0.291. The third kappa shape index (κ3) is 4.28. The van der Waals surface area contributed by atoms with Gasteiger partial charge in [-0.25, -0.2) is 4.79 Å². The lowest BCUT2D eigenvalue weighted by molar-refractivity contribution is -0.115. The van der Waals surface area contributed by atoms with E-state index in [0.717, 1.165) is 17.0 Å². The van der Waals surface area contributed by atoms with Crippen molar-refractivity contribution in [3.63, 3.8) is 0 Å². The zero-order valence-electron chi connectivity index (χ0n) is 14.9. The van der Waals surface area contributed by atoms with Crippen LogP contribution in [0.3, 0.4) is 0 Å². The number of fused-ring (bicyclic) bond motifs is 1. The molecule has 0 saturated carbocycles. The lowest BCUT2D eigenvalue weighted by atomic mass is 10.1. The Morgan fingerprint density at radius 2 is 2.08 bits per heavy atom. The summed E-state index contributed by atoms with van der Waals surface area (Å²) in [5, 5.41) is 7.19. The monoisotopic (exact) mass is 332 g/mol. The first kappa shape index (κ1) is 17.9. The first-order chi connectivity index (χ1) is 11.2. The van der Waals surface area contributed by atoms with Gasteiger partial charge in [-0.15, -0.1) is 0 Å². The van der Waals surface area contributed by atoms with E-state index < -0.39 is 5.60 Å². The van der Waals surface area contributed by atoms with E-state index in [0.29, 0.717) is 26.1 Å². The van der Waals surface area contributed by atoms with Crippen molar-refractivity contribution in [1.29, 1.82) is 0 Å². The number of nitrogens with zero attached hydrogens (tertiary/aromatic N) is 3. The summed E-state index contributed by atoms with van der Waals surface area (Å²) < 4.78 is 7.26. The Hall–Kier alpha value is -2.49. The molecule has 0 aliphatic carbocycles. The first-order valence-electron chi connectivity index (χ1n) is 7.93. The van der Waals surface area contributed by atoms with Crippen LogP contribution in [0.25, 0.3) is 0 Å². The second-order valence-corrected chi connectivity index (χ2v) is 6.71. The van der Waals surface area contributed by atoms with Crippen molar-refractivity contribution in [3.8, 4) is 11.8 Å². The van der Waals surface area contributed by atoms with Crippen molar-refractivity contribution in [2.75, 3.05) is 6.54 Å². The maximum Gasteiger partial charge on any atom is 0.410 e. The van der Waals surface area contributed by atoms with Gasteiger partial charge in [-0.2, -0.15) is 5.10 Å². The Kier molecular flexibility index (Phi) is 5.17. The maximum atomic E-state index is 12.3. The number of amides is 2. The molecule has 0 bridgehead atoms. The van der Waals surface area contributed by atoms with Crippen LogP contribution in [0.5, 0.6) is 0 Å². The molecule has 0 unspecified atom stereocenters. The van der Waals surface area contributed by atoms with Crippen LogP contribution in [0.15, 0.2) is 0 Å². The van der Waals surface area contributed by atoms with Gasteiger partial charge >= 0.3 is 6.09 Å². The minimum atomic E-state index is -0.526. The van der Waals surface area contributed by atoms with E-state index in [2.05, 4.69) is 22.3 Å². The molecule has 2 rings (SSSR count). The Labute approximate surface area is 142 Å². The number of rotatable bonds is 2. The third-order valence-electron chi connectivity index (χ3n) is 3.63. The third-order valence-corrected chi connectivity index (χ3v) is 3.63. The van der Waals surface area contributed by atoms with Gasteiger partial charge in [0.05, 0.1) is 18.8 Å². The molecule has 7 nitrogen and oxygen atoms in total. The molecule has 0 atom stereocenters. The maximum absolute atomic E-state index is 12.3. The lowest BCUT2D eigenvalue weighted by Crippen LogP contribution is -2.40. The summed E-state index contributed by atoms with van der Waals surface area (Å²) in [6.07, 6.45) is 0.379. The van der Waals surface area contributed by atoms with Crippen molar-refractivity contribution < 1.29 is 14.3 Å². The van der Waals surface area contributed by atoms with Crippen LogP contribution in [0, 0.1) is 11.8 Å². The van der Waals surface area contributed by atoms with Gasteiger partial charge in [0, 0.05) is 31.3 Å². The first-order valence-corrected chi connectivity index (χ1v) is 7.93. The number of carbonyl (C=O) groups is 2. The molecule has 0 aromatic carbocycles. The van der Waals surface area contributed by atoms with E-state index in [1.807, 2.05) is 32.5 Å². The fourth-order valence-corrected chi connectivity index (χ4v) is 2.62. The van der Waals surface area contributed by atoms with Gasteiger partial charge in [0.15, 0.2) is 0 Å². The summed E-state index contributed by atoms with van der Waals surface area (Å²) in [5.74, 6) is 4.66. The predicted molar refractivity (Wildman–Crippen MR) is 88.9 cm³/mol. The van der Waals surface area contributed by atoms with Crippen molar-refractivity contribution in [1.82, 2.24) is 20.0 Å². The molecular formula is C17H24N4O3. The van der Waals surface area contributed by atoms with Gasteiger partial charge in [0.1, 0.15) is 5.60 Å². The number of ether oxygens (including phenoxy) is 1. The van der Waals surface area contributed by atoms with Gasteiger partial charge in [-0.1, -0.05) is 5.92 Å². The molecule has 1 aliphatic rings. The molecule has 24 heavy (non-hydrogen) atoms. The second-order valence-electron chi connectivity index (χ2n) is 6.71. The van der Waals surface area contributed by atoms with Crippen molar-refractivity contribution in [2.45, 2.75) is 52.8 Å². The summed E-state index contributed by atoms with van der Waals surface area (Å²) in [5.41, 5.74) is 2.29. The zero-order chi connectivity index (χ0) is 17.9. The van der Waals surface area contributed by atoms with E-state index in [-0.39, 0.29) is 12.0 Å². The fourth-order valence-electron chi connectivity index (χ4n) is 2.62. The van der Waals surface area contributed by atoms with Gasteiger partial charge in [0.2, 0.25) is 0 Å². The average molecular weight is 332 g/mol. The fraction of sp³-hybridized carbons (Fsp3) is 0.588. The summed E-state index contributed by atoms with van der Waals surface area (Å²) in [6, 6.07) is 0. The quantitative estimate of drug-likeness (QED) is 0.830. The number of aromatic nitrogens is 2. The molecule has 1 N–H and O–H groups in total. The standard InChI is InChI=1S/C17H24N4O3/c1-6-7-15(22)18-10-13-12-11-21(16(23)24-17(2,3)4)9-8-14(12)20(5)19-13/h8-11H2,1-5H3,(H,18,22). The topological polar surface area (TPSA) is 76.5 Å². The smallest absolute Gasteiger partial charge is 0.410 e. The molecule has 7 heteroatoms. The summed E-state index contributed by atoms with van der Waals surface area (Å²) in [4.78, 5) is 25.5. The lowest BCUT2D eigenvalue weighted by Gasteiger charge is -2.30. The van der Waals surface area contributed by atoms with Gasteiger partial charge in [-0.05, 0) is 33.6 Å². The molecule has 0 radical (unpaired) electrons. The van der Waals surface area contributed by atoms with E-state index in [9.17, 15) is 9.59 Å². The normalized spacial score (nSPS) is 13.6. The number of carbonyl (C=O) groups excluding carboxylic acids is 2. The van der Waals surface area contributed by atoms with E-state index >= 15 is 0 Å². The summed E-state index contributed by atoms with van der Waals surface area (Å²) >= 11 is 0. The number of hydrogen-bond donors (Lipinski definition) is 1. The Morgan fingerprint density at radius 3 is 2.71 bits per heavy atom. The molecule has 2 amide bonds. The molecule has 2 heterocycles. The molecule has 0 saturated heterocycles. The van der Waals surface area contributed by atoms with Crippen molar-refractivity contribution in [2.24, 2.45) is 7.05 Å². The van der Waals surface area contributed by atoms with Crippen LogP contribution >= 0.6 is 0 Å². The highest BCUT2D eigenvalue weighted by Crippen LogP contribution is 2.23. The van der Waals surface area contributed by atoms with Gasteiger partial charge < -0.3 is 15.0 Å². The molecule has 1 aromatic rings. The largest absolute Gasteiger partial charge is 0.444 e. The zero-order valence-corrected chi connectivity index (χ0v) is 14.9. The van der Waals surface area contributed by atoms with Crippen LogP contribution in [0.2, 0.25) is 0 Å². The molecule has 130 valence electrons. The van der Waals surface area contributed by atoms with Gasteiger partial charge in [0.25, 0.3) is 5.91 Å². The van der Waals surface area contributed by atoms with Crippen molar-refractivity contribution >= 4 is 12.0 Å². The minimum Gasteiger partial charge on any atom is -0.444 e. The van der Waals surface area contributed by atoms with Crippen LogP contribution in [-0.2, 0) is 36.1 Å². The van der Waals surface area contributed by atoms with Crippen LogP contribution in [0.4, 0.5) is 4.79 Å². The molecule has 1 aromatic heterocycles. The summed E-state index contributed by atoms with van der Waals surface area (Å²) in [6.45, 7) is 8.47. The average Bonchev–Trinajstić information content (AvgIpc) is 2.80. The SMILES string of the molecule is CC#CC(=O)NCc1nn(C)c2c1CN(C(=O)OC(C)(C)C)CC2. The molecular weight excluding hydrogens is 308 g/mol. The molecule has 0 fully saturated rings. The predicted octanol–water partition coefficient (Wildman–Crippen LogP) is 1.35. The Balaban J connectivity index is 2.12. The van der Waals surface area contributed by atoms with E-state index in [4.69, 9.17) is 4.74 Å². The van der Waals surface area contributed by atoms with E-state index in [1.165, 1.54) is 0 Å². The Morgan fingerprint density at radius 1 is 1.38 bits per heavy atom. The highest BCUT2D eigenvalue weighted by atomic mass is 16.6. The highest BCUT2D eigenvalue weighted by molar-refractivity contribution is 5.93. The van der Waals surface area contributed by atoms with Gasteiger partial charge in [-0.3, -0.25) is 9.48 Å². The molecule has 1 aliphatic heterocycles. The summed E-state index contributed by atoms with van der Waals surface area (Å²) in [7, 11) is 1.87. The number of hydrogen-bond acceptors (Lipinski definition) is 4. The number of aryl methyl sites for hydroxylation is 1. The van der Waals surface area contributed by atoms with E-state index in [1.54, 1.807) is 11.8 Å². The Bertz CT molecular complexity index is 704. The van der Waals surface area contributed by atoms with Crippen LogP contribution in [0.1, 0.15) is 44.6 Å². The second kappa shape index (κ2) is 6.95. The molecule has 0 spiro atoms.